The SMILES string of the molecule is CC(C)c1ccc(N(CC(=O)N(Cc2ccc(F)cc2)[C@@H](Cc2ccccc2)C(=O)NC2CCCCC2)S(=O)(=O)c2ccccc2)cc1. The maximum Gasteiger partial charge on any atom is 0.264 e. The van der Waals surface area contributed by atoms with Gasteiger partial charge in [0.1, 0.15) is 18.4 Å². The Labute approximate surface area is 283 Å². The van der Waals surface area contributed by atoms with Crippen molar-refractivity contribution in [1.82, 2.24) is 10.2 Å². The number of anilines is 1. The van der Waals surface area contributed by atoms with Crippen LogP contribution in [0.2, 0.25) is 0 Å². The highest BCUT2D eigenvalue weighted by Gasteiger charge is 2.35. The van der Waals surface area contributed by atoms with Gasteiger partial charge in [0.2, 0.25) is 11.8 Å². The van der Waals surface area contributed by atoms with Crippen LogP contribution < -0.4 is 9.62 Å². The molecule has 5 rings (SSSR count). The van der Waals surface area contributed by atoms with E-state index in [1.807, 2.05) is 42.5 Å². The van der Waals surface area contributed by atoms with Crippen LogP contribution in [0.5, 0.6) is 0 Å². The molecule has 1 N–H and O–H groups in total. The maximum atomic E-state index is 14.6. The average Bonchev–Trinajstić information content (AvgIpc) is 3.10. The fourth-order valence-corrected chi connectivity index (χ4v) is 7.59. The highest BCUT2D eigenvalue weighted by molar-refractivity contribution is 7.92. The fourth-order valence-electron chi connectivity index (χ4n) is 6.16. The van der Waals surface area contributed by atoms with Crippen molar-refractivity contribution in [1.29, 1.82) is 0 Å². The van der Waals surface area contributed by atoms with E-state index in [1.165, 1.54) is 29.2 Å². The number of carbonyl (C=O) groups is 2. The summed E-state index contributed by atoms with van der Waals surface area (Å²) in [5.41, 5.74) is 2.84. The van der Waals surface area contributed by atoms with Crippen LogP contribution in [0, 0.1) is 5.82 Å². The molecule has 4 aromatic carbocycles. The van der Waals surface area contributed by atoms with E-state index in [1.54, 1.807) is 42.5 Å². The van der Waals surface area contributed by atoms with Gasteiger partial charge < -0.3 is 10.2 Å². The third-order valence-electron chi connectivity index (χ3n) is 8.95. The number of benzene rings is 4. The summed E-state index contributed by atoms with van der Waals surface area (Å²) in [6.07, 6.45) is 5.12. The van der Waals surface area contributed by atoms with Crippen molar-refractivity contribution in [3.63, 3.8) is 0 Å². The minimum atomic E-state index is -4.19. The Morgan fingerprint density at radius 3 is 2.00 bits per heavy atom. The maximum absolute atomic E-state index is 14.6. The number of amides is 2. The molecule has 1 aliphatic rings. The lowest BCUT2D eigenvalue weighted by molar-refractivity contribution is -0.140. The molecule has 0 radical (unpaired) electrons. The molecule has 0 aromatic heterocycles. The minimum absolute atomic E-state index is 0.00160. The summed E-state index contributed by atoms with van der Waals surface area (Å²) in [5.74, 6) is -1.03. The molecule has 7 nitrogen and oxygen atoms in total. The highest BCUT2D eigenvalue weighted by Crippen LogP contribution is 2.27. The molecule has 2 amide bonds. The molecule has 1 fully saturated rings. The molecule has 9 heteroatoms. The smallest absolute Gasteiger partial charge is 0.264 e. The molecule has 0 aliphatic heterocycles. The average molecular weight is 670 g/mol. The Balaban J connectivity index is 1.56. The van der Waals surface area contributed by atoms with Gasteiger partial charge in [0.15, 0.2) is 0 Å². The van der Waals surface area contributed by atoms with E-state index in [0.29, 0.717) is 11.3 Å². The monoisotopic (exact) mass is 669 g/mol. The largest absolute Gasteiger partial charge is 0.352 e. The first kappa shape index (κ1) is 34.8. The second-order valence-electron chi connectivity index (χ2n) is 12.8. The first-order valence-electron chi connectivity index (χ1n) is 16.7. The van der Waals surface area contributed by atoms with Crippen molar-refractivity contribution < 1.29 is 22.4 Å². The molecular formula is C39H44FN3O4S. The normalized spacial score (nSPS) is 14.3. The quantitative estimate of drug-likeness (QED) is 0.163. The Kier molecular flexibility index (Phi) is 11.7. The molecule has 1 saturated carbocycles. The molecule has 252 valence electrons. The number of nitrogens with one attached hydrogen (secondary N) is 1. The molecule has 0 spiro atoms. The molecule has 48 heavy (non-hydrogen) atoms. The van der Waals surface area contributed by atoms with E-state index < -0.39 is 34.3 Å². The summed E-state index contributed by atoms with van der Waals surface area (Å²) in [6.45, 7) is 3.55. The third kappa shape index (κ3) is 8.89. The zero-order valence-corrected chi connectivity index (χ0v) is 28.4. The first-order chi connectivity index (χ1) is 23.1. The third-order valence-corrected chi connectivity index (χ3v) is 10.7. The van der Waals surface area contributed by atoms with Crippen LogP contribution in [0.4, 0.5) is 10.1 Å². The van der Waals surface area contributed by atoms with Gasteiger partial charge in [0, 0.05) is 19.0 Å². The number of carbonyl (C=O) groups excluding carboxylic acids is 2. The lowest BCUT2D eigenvalue weighted by atomic mass is 9.94. The van der Waals surface area contributed by atoms with Crippen molar-refractivity contribution in [2.24, 2.45) is 0 Å². The minimum Gasteiger partial charge on any atom is -0.352 e. The molecule has 0 heterocycles. The molecule has 1 atom stereocenters. The van der Waals surface area contributed by atoms with Gasteiger partial charge in [0.25, 0.3) is 10.0 Å². The molecule has 0 unspecified atom stereocenters. The zero-order valence-electron chi connectivity index (χ0n) is 27.6. The zero-order chi connectivity index (χ0) is 34.1. The van der Waals surface area contributed by atoms with E-state index in [-0.39, 0.29) is 35.7 Å². The number of nitrogens with zero attached hydrogens (tertiary/aromatic N) is 2. The van der Waals surface area contributed by atoms with Crippen LogP contribution in [0.3, 0.4) is 0 Å². The van der Waals surface area contributed by atoms with Crippen molar-refractivity contribution in [2.75, 3.05) is 10.8 Å². The van der Waals surface area contributed by atoms with Crippen LogP contribution in [-0.2, 0) is 32.6 Å². The Morgan fingerprint density at radius 1 is 0.792 bits per heavy atom. The van der Waals surface area contributed by atoms with Crippen LogP contribution >= 0.6 is 0 Å². The van der Waals surface area contributed by atoms with Crippen molar-refractivity contribution >= 4 is 27.5 Å². The standard InChI is InChI=1S/C39H44FN3O4S/c1-29(2)32-20-24-35(25-21-32)43(48(46,47)36-16-10-5-11-17-36)28-38(44)42(27-31-18-22-33(40)23-19-31)37(26-30-12-6-3-7-13-30)39(45)41-34-14-8-4-9-15-34/h3,5-7,10-13,16-25,29,34,37H,4,8-9,14-15,26-28H2,1-2H3,(H,41,45)/t37-/m0/s1. The van der Waals surface area contributed by atoms with Gasteiger partial charge in [-0.05, 0) is 71.8 Å². The number of halogens is 1. The number of hydrogen-bond acceptors (Lipinski definition) is 4. The first-order valence-corrected chi connectivity index (χ1v) is 18.1. The van der Waals surface area contributed by atoms with Crippen LogP contribution in [0.1, 0.15) is 68.6 Å². The van der Waals surface area contributed by atoms with Gasteiger partial charge in [-0.25, -0.2) is 12.8 Å². The Bertz CT molecular complexity index is 1740. The second-order valence-corrected chi connectivity index (χ2v) is 14.6. The Hall–Kier alpha value is -4.50. The number of rotatable bonds is 13. The molecule has 0 bridgehead atoms. The Morgan fingerprint density at radius 2 is 1.40 bits per heavy atom. The van der Waals surface area contributed by atoms with Crippen LogP contribution in [0.25, 0.3) is 0 Å². The molecule has 4 aromatic rings. The second kappa shape index (κ2) is 16.1. The van der Waals surface area contributed by atoms with Gasteiger partial charge in [-0.15, -0.1) is 0 Å². The predicted molar refractivity (Wildman–Crippen MR) is 187 cm³/mol. The van der Waals surface area contributed by atoms with Gasteiger partial charge >= 0.3 is 0 Å². The molecule has 1 aliphatic carbocycles. The van der Waals surface area contributed by atoms with Gasteiger partial charge in [0.05, 0.1) is 10.6 Å². The van der Waals surface area contributed by atoms with Gasteiger partial charge in [-0.3, -0.25) is 13.9 Å². The van der Waals surface area contributed by atoms with E-state index in [0.717, 1.165) is 47.5 Å². The van der Waals surface area contributed by atoms with Crippen molar-refractivity contribution in [3.8, 4) is 0 Å². The summed E-state index contributed by atoms with van der Waals surface area (Å²) in [6, 6.07) is 29.5. The summed E-state index contributed by atoms with van der Waals surface area (Å²) in [4.78, 5) is 30.3. The molecule has 0 saturated heterocycles. The van der Waals surface area contributed by atoms with Gasteiger partial charge in [-0.1, -0.05) is 106 Å². The summed E-state index contributed by atoms with van der Waals surface area (Å²) < 4.78 is 43.4. The predicted octanol–water partition coefficient (Wildman–Crippen LogP) is 7.23. The number of hydrogen-bond donors (Lipinski definition) is 1. The van der Waals surface area contributed by atoms with E-state index >= 15 is 0 Å². The van der Waals surface area contributed by atoms with Crippen LogP contribution in [-0.4, -0.2) is 43.8 Å². The highest BCUT2D eigenvalue weighted by atomic mass is 32.2. The fraction of sp³-hybridized carbons (Fsp3) is 0.333. The van der Waals surface area contributed by atoms with E-state index in [4.69, 9.17) is 0 Å². The van der Waals surface area contributed by atoms with Crippen LogP contribution in [0.15, 0.2) is 114 Å². The van der Waals surface area contributed by atoms with Gasteiger partial charge in [-0.2, -0.15) is 0 Å². The lowest BCUT2D eigenvalue weighted by Crippen LogP contribution is -2.55. The summed E-state index contributed by atoms with van der Waals surface area (Å²) >= 11 is 0. The lowest BCUT2D eigenvalue weighted by Gasteiger charge is -2.35. The topological polar surface area (TPSA) is 86.8 Å². The number of sulfonamides is 1. The van der Waals surface area contributed by atoms with Crippen molar-refractivity contribution in [2.45, 2.75) is 81.8 Å². The summed E-state index contributed by atoms with van der Waals surface area (Å²) in [5, 5.41) is 3.20. The van der Waals surface area contributed by atoms with E-state index in [9.17, 15) is 22.4 Å². The van der Waals surface area contributed by atoms with E-state index in [2.05, 4.69) is 19.2 Å². The molecular weight excluding hydrogens is 626 g/mol. The van der Waals surface area contributed by atoms with Crippen molar-refractivity contribution in [3.05, 3.63) is 132 Å². The summed E-state index contributed by atoms with van der Waals surface area (Å²) in [7, 11) is -4.19.